The summed E-state index contributed by atoms with van der Waals surface area (Å²) in [5.74, 6) is -0.234. The van der Waals surface area contributed by atoms with Crippen molar-refractivity contribution in [3.8, 4) is 0 Å². The normalized spacial score (nSPS) is 16.8. The monoisotopic (exact) mass is 374 g/mol. The zero-order chi connectivity index (χ0) is 17.9. The molecule has 0 aliphatic carbocycles. The molecule has 0 unspecified atom stereocenters. The molecule has 1 amide bonds. The van der Waals surface area contributed by atoms with Crippen LogP contribution in [0.4, 0.5) is 0 Å². The summed E-state index contributed by atoms with van der Waals surface area (Å²) in [5.41, 5.74) is 1.16. The van der Waals surface area contributed by atoms with Crippen LogP contribution < -0.4 is 10.6 Å². The lowest BCUT2D eigenvalue weighted by Crippen LogP contribution is -2.44. The van der Waals surface area contributed by atoms with E-state index in [4.69, 9.17) is 0 Å². The lowest BCUT2D eigenvalue weighted by atomic mass is 10.2. The van der Waals surface area contributed by atoms with Gasteiger partial charge in [-0.15, -0.1) is 16.4 Å². The Hall–Kier alpha value is -2.30. The Morgan fingerprint density at radius 3 is 3.00 bits per heavy atom. The topological polar surface area (TPSA) is 92.4 Å². The smallest absolute Gasteiger partial charge is 0.273 e. The second-order valence-electron chi connectivity index (χ2n) is 6.41. The molecule has 0 radical (unpaired) electrons. The fourth-order valence-corrected chi connectivity index (χ4v) is 3.70. The van der Waals surface area contributed by atoms with E-state index in [0.717, 1.165) is 49.9 Å². The van der Waals surface area contributed by atoms with Gasteiger partial charge in [0.05, 0.1) is 24.5 Å². The highest BCUT2D eigenvalue weighted by Gasteiger charge is 2.17. The molecule has 9 nitrogen and oxygen atoms in total. The van der Waals surface area contributed by atoms with Crippen molar-refractivity contribution in [1.82, 2.24) is 39.9 Å². The van der Waals surface area contributed by atoms with Crippen molar-refractivity contribution in [3.05, 3.63) is 35.4 Å². The Kier molecular flexibility index (Phi) is 4.96. The lowest BCUT2D eigenvalue weighted by molar-refractivity contribution is 0.0934. The highest BCUT2D eigenvalue weighted by atomic mass is 32.1. The Balaban J connectivity index is 1.32. The molecule has 26 heavy (non-hydrogen) atoms. The Bertz CT molecular complexity index is 849. The molecule has 0 saturated carbocycles. The van der Waals surface area contributed by atoms with E-state index in [-0.39, 0.29) is 11.9 Å². The third-order valence-corrected chi connectivity index (χ3v) is 5.30. The van der Waals surface area contributed by atoms with E-state index in [1.54, 1.807) is 22.2 Å². The number of carbonyl (C=O) groups excluding carboxylic acids is 1. The molecule has 1 atom stereocenters. The van der Waals surface area contributed by atoms with Crippen molar-refractivity contribution >= 4 is 22.2 Å². The first-order valence-corrected chi connectivity index (χ1v) is 9.63. The summed E-state index contributed by atoms with van der Waals surface area (Å²) in [4.78, 5) is 20.2. The van der Waals surface area contributed by atoms with E-state index in [9.17, 15) is 4.79 Å². The molecule has 4 heterocycles. The number of hydrogen-bond acceptors (Lipinski definition) is 7. The molecule has 3 aromatic rings. The van der Waals surface area contributed by atoms with Crippen LogP contribution in [0.3, 0.4) is 0 Å². The zero-order valence-corrected chi connectivity index (χ0v) is 15.4. The van der Waals surface area contributed by atoms with Crippen LogP contribution in [0.25, 0.3) is 4.96 Å². The molecule has 1 fully saturated rings. The van der Waals surface area contributed by atoms with Crippen LogP contribution in [0.2, 0.25) is 0 Å². The van der Waals surface area contributed by atoms with Crippen molar-refractivity contribution in [2.24, 2.45) is 0 Å². The molecular weight excluding hydrogens is 352 g/mol. The summed E-state index contributed by atoms with van der Waals surface area (Å²) in [6, 6.07) is -0.194. The molecule has 0 aromatic carbocycles. The van der Waals surface area contributed by atoms with Crippen LogP contribution in [-0.2, 0) is 6.54 Å². The number of amides is 1. The van der Waals surface area contributed by atoms with Gasteiger partial charge < -0.3 is 10.6 Å². The van der Waals surface area contributed by atoms with Gasteiger partial charge in [0, 0.05) is 50.5 Å². The highest BCUT2D eigenvalue weighted by Crippen LogP contribution is 2.16. The Morgan fingerprint density at radius 1 is 1.35 bits per heavy atom. The standard InChI is InChI=1S/C16H22N8OS/c1-12(13-10-23-8-9-26-16(23)19-13)18-15(25)14-11-24(21-20-14)7-6-22-4-2-17-3-5-22/h8-12,17H,2-7H2,1H3,(H,18,25)/t12-/m0/s1. The van der Waals surface area contributed by atoms with Crippen LogP contribution in [-0.4, -0.2) is 67.9 Å². The van der Waals surface area contributed by atoms with Crippen LogP contribution in [0.1, 0.15) is 29.1 Å². The maximum absolute atomic E-state index is 12.4. The molecule has 1 saturated heterocycles. The number of aromatic nitrogens is 5. The van der Waals surface area contributed by atoms with E-state index >= 15 is 0 Å². The predicted molar refractivity (Wildman–Crippen MR) is 98.3 cm³/mol. The summed E-state index contributed by atoms with van der Waals surface area (Å²) in [5, 5.41) is 16.3. The predicted octanol–water partition coefficient (Wildman–Crippen LogP) is 0.384. The van der Waals surface area contributed by atoms with Crippen molar-refractivity contribution in [2.45, 2.75) is 19.5 Å². The van der Waals surface area contributed by atoms with Crippen LogP contribution in [0.5, 0.6) is 0 Å². The van der Waals surface area contributed by atoms with Gasteiger partial charge in [0.25, 0.3) is 5.91 Å². The van der Waals surface area contributed by atoms with Gasteiger partial charge in [-0.1, -0.05) is 5.21 Å². The van der Waals surface area contributed by atoms with Crippen molar-refractivity contribution in [1.29, 1.82) is 0 Å². The maximum Gasteiger partial charge on any atom is 0.273 e. The largest absolute Gasteiger partial charge is 0.342 e. The number of thiazole rings is 1. The van der Waals surface area contributed by atoms with Gasteiger partial charge in [0.1, 0.15) is 0 Å². The van der Waals surface area contributed by atoms with Crippen molar-refractivity contribution in [2.75, 3.05) is 32.7 Å². The van der Waals surface area contributed by atoms with E-state index < -0.39 is 0 Å². The van der Waals surface area contributed by atoms with E-state index in [2.05, 4.69) is 30.8 Å². The summed E-state index contributed by atoms with van der Waals surface area (Å²) < 4.78 is 3.68. The number of piperazine rings is 1. The number of nitrogens with one attached hydrogen (secondary N) is 2. The van der Waals surface area contributed by atoms with Crippen LogP contribution >= 0.6 is 11.3 Å². The summed E-state index contributed by atoms with van der Waals surface area (Å²) in [7, 11) is 0. The zero-order valence-electron chi connectivity index (χ0n) is 14.6. The van der Waals surface area contributed by atoms with E-state index in [1.165, 1.54) is 0 Å². The van der Waals surface area contributed by atoms with Gasteiger partial charge in [-0.05, 0) is 6.92 Å². The van der Waals surface area contributed by atoms with Gasteiger partial charge in [0.2, 0.25) is 0 Å². The lowest BCUT2D eigenvalue weighted by Gasteiger charge is -2.26. The first-order valence-electron chi connectivity index (χ1n) is 8.75. The molecule has 1 aliphatic rings. The molecule has 1 aliphatic heterocycles. The van der Waals surface area contributed by atoms with Crippen LogP contribution in [0, 0.1) is 0 Å². The minimum absolute atomic E-state index is 0.194. The molecule has 2 N–H and O–H groups in total. The number of rotatable bonds is 6. The van der Waals surface area contributed by atoms with E-state index in [0.29, 0.717) is 5.69 Å². The second kappa shape index (κ2) is 7.52. The molecule has 4 rings (SSSR count). The van der Waals surface area contributed by atoms with Gasteiger partial charge in [-0.2, -0.15) is 0 Å². The van der Waals surface area contributed by atoms with Gasteiger partial charge >= 0.3 is 0 Å². The van der Waals surface area contributed by atoms with E-state index in [1.807, 2.05) is 29.1 Å². The van der Waals surface area contributed by atoms with Crippen molar-refractivity contribution in [3.63, 3.8) is 0 Å². The summed E-state index contributed by atoms with van der Waals surface area (Å²) in [6.07, 6.45) is 5.59. The summed E-state index contributed by atoms with van der Waals surface area (Å²) >= 11 is 1.57. The maximum atomic E-state index is 12.4. The third-order valence-electron chi connectivity index (χ3n) is 4.53. The Morgan fingerprint density at radius 2 is 2.19 bits per heavy atom. The fraction of sp³-hybridized carbons (Fsp3) is 0.500. The average Bonchev–Trinajstić information content (AvgIpc) is 3.36. The molecule has 0 spiro atoms. The molecule has 0 bridgehead atoms. The molecule has 10 heteroatoms. The number of carbonyl (C=O) groups is 1. The number of imidazole rings is 1. The first-order chi connectivity index (χ1) is 12.7. The number of fused-ring (bicyclic) bond motifs is 1. The second-order valence-corrected chi connectivity index (χ2v) is 7.29. The first kappa shape index (κ1) is 17.1. The average molecular weight is 374 g/mol. The Labute approximate surface area is 155 Å². The minimum Gasteiger partial charge on any atom is -0.342 e. The van der Waals surface area contributed by atoms with Gasteiger partial charge in [0.15, 0.2) is 10.7 Å². The number of nitrogens with zero attached hydrogens (tertiary/aromatic N) is 6. The number of hydrogen-bond donors (Lipinski definition) is 2. The highest BCUT2D eigenvalue weighted by molar-refractivity contribution is 7.15. The van der Waals surface area contributed by atoms with Gasteiger partial charge in [-0.25, -0.2) is 4.98 Å². The van der Waals surface area contributed by atoms with Crippen LogP contribution in [0.15, 0.2) is 24.0 Å². The fourth-order valence-electron chi connectivity index (χ4n) is 2.99. The minimum atomic E-state index is -0.234. The molecule has 138 valence electrons. The summed E-state index contributed by atoms with van der Waals surface area (Å²) in [6.45, 7) is 7.69. The molecular formula is C16H22N8OS. The van der Waals surface area contributed by atoms with Crippen molar-refractivity contribution < 1.29 is 4.79 Å². The SMILES string of the molecule is C[C@H](NC(=O)c1cn(CCN2CCNCC2)nn1)c1cn2ccsc2n1. The third kappa shape index (κ3) is 3.76. The quantitative estimate of drug-likeness (QED) is 0.648. The molecule has 3 aromatic heterocycles. The van der Waals surface area contributed by atoms with Gasteiger partial charge in [-0.3, -0.25) is 18.8 Å².